The van der Waals surface area contributed by atoms with Gasteiger partial charge in [-0.15, -0.1) is 0 Å². The molecule has 0 fully saturated rings. The van der Waals surface area contributed by atoms with E-state index in [0.29, 0.717) is 58.8 Å². The van der Waals surface area contributed by atoms with Gasteiger partial charge < -0.3 is 30.2 Å². The molecule has 0 radical (unpaired) electrons. The molecule has 4 aliphatic rings. The van der Waals surface area contributed by atoms with E-state index in [0.717, 1.165) is 16.5 Å². The van der Waals surface area contributed by atoms with Crippen molar-refractivity contribution in [3.8, 4) is 0 Å². The first-order chi connectivity index (χ1) is 43.5. The first kappa shape index (κ1) is 66.7. The fourth-order valence-corrected chi connectivity index (χ4v) is 12.6. The first-order valence-corrected chi connectivity index (χ1v) is 29.6. The van der Waals surface area contributed by atoms with Crippen molar-refractivity contribution in [1.29, 1.82) is 0 Å². The van der Waals surface area contributed by atoms with E-state index in [2.05, 4.69) is 31.9 Å². The number of carbonyl (C=O) groups excluding carboxylic acids is 8. The molecule has 0 spiro atoms. The number of carboxylic acid groups (broad SMARTS) is 4. The summed E-state index contributed by atoms with van der Waals surface area (Å²) in [6.07, 6.45) is 0. The van der Waals surface area contributed by atoms with Crippen molar-refractivity contribution in [2.45, 2.75) is 33.1 Å². The summed E-state index contributed by atoms with van der Waals surface area (Å²) in [7, 11) is 0. The highest BCUT2D eigenvalue weighted by Gasteiger charge is 2.41. The Hall–Kier alpha value is -9.75. The number of benzene rings is 8. The molecule has 0 unspecified atom stereocenters. The van der Waals surface area contributed by atoms with Gasteiger partial charge >= 0.3 is 23.9 Å². The van der Waals surface area contributed by atoms with Gasteiger partial charge in [0.1, 0.15) is 5.82 Å². The Morgan fingerprint density at radius 3 is 1.17 bits per heavy atom. The molecule has 0 saturated carbocycles. The number of aromatic carboxylic acids is 4. The Labute approximate surface area is 555 Å². The van der Waals surface area contributed by atoms with E-state index in [9.17, 15) is 61.9 Å². The lowest BCUT2D eigenvalue weighted by Crippen LogP contribution is -2.29. The average molecular weight is 1450 g/mol. The molecule has 0 atom stereocenters. The average Bonchev–Trinajstić information content (AvgIpc) is 1.86. The van der Waals surface area contributed by atoms with Gasteiger partial charge in [-0.2, -0.15) is 0 Å². The molecule has 0 aromatic heterocycles. The molecule has 464 valence electrons. The Bertz CT molecular complexity index is 4260. The molecular weight excluding hydrogens is 1410 g/mol. The maximum Gasteiger partial charge on any atom is 0.335 e. The number of halogens is 7. The zero-order chi connectivity index (χ0) is 66.9. The molecule has 8 aromatic carbocycles. The minimum atomic E-state index is -1.10. The number of fused-ring (bicyclic) bond motifs is 4. The Kier molecular flexibility index (Phi) is 19.8. The first-order valence-electron chi connectivity index (χ1n) is 26.5. The summed E-state index contributed by atoms with van der Waals surface area (Å²) in [5, 5.41) is 36.8. The van der Waals surface area contributed by atoms with Crippen LogP contribution < -0.4 is 19.6 Å². The molecule has 0 saturated heterocycles. The number of hydrogen-bond acceptors (Lipinski definition) is 12. The molecular formula is C65H39Br2Cl4FN4O16. The molecule has 0 bridgehead atoms. The van der Waals surface area contributed by atoms with Crippen LogP contribution in [0.1, 0.15) is 111 Å². The zero-order valence-corrected chi connectivity index (χ0v) is 53.0. The maximum absolute atomic E-state index is 13.5. The van der Waals surface area contributed by atoms with E-state index in [-0.39, 0.29) is 85.9 Å². The maximum atomic E-state index is 13.5. The third kappa shape index (κ3) is 13.9. The number of anilines is 4. The van der Waals surface area contributed by atoms with Crippen LogP contribution in [0.4, 0.5) is 27.1 Å². The molecule has 20 nitrogen and oxygen atoms in total. The van der Waals surface area contributed by atoms with Crippen LogP contribution in [0.2, 0.25) is 20.1 Å². The summed E-state index contributed by atoms with van der Waals surface area (Å²) in [5.74, 6) is -10.5. The number of rotatable bonds is 12. The van der Waals surface area contributed by atoms with Crippen LogP contribution in [0, 0.1) is 12.7 Å². The van der Waals surface area contributed by atoms with Gasteiger partial charge in [-0.25, -0.2) is 23.6 Å². The number of hydrogen-bond donors (Lipinski definition) is 4. The lowest BCUT2D eigenvalue weighted by atomic mass is 10.1. The topological polar surface area (TPSA) is 299 Å². The highest BCUT2D eigenvalue weighted by Crippen LogP contribution is 2.42. The SMILES string of the molecule is Cc1cc(Cl)cc2c1N(Cc1cccc(C(=O)O)c1)C(=O)C2=O.O=C(O)c1cccc(CN2C(=O)C(=O)c3cc(Br)cc(Br)c32)c1.O=C(O)c1cccc(CN2C(=O)C(=O)c3cc(Cl)cc(Cl)c32)c1.O=C(O)c1cccc(CN2C(=O)C(=O)c3cc(F)c(Cl)cc32)c1. The summed E-state index contributed by atoms with van der Waals surface area (Å²) in [5.41, 5.74) is 5.79. The number of Topliss-reactive ketones (excluding diaryl/α,β-unsaturated/α-hetero) is 4. The summed E-state index contributed by atoms with van der Waals surface area (Å²) >= 11 is 30.3. The summed E-state index contributed by atoms with van der Waals surface area (Å²) < 4.78 is 14.8. The minimum absolute atomic E-state index is 0.0132. The molecule has 4 amide bonds. The molecule has 0 aliphatic carbocycles. The van der Waals surface area contributed by atoms with Crippen LogP contribution >= 0.6 is 78.3 Å². The summed E-state index contributed by atoms with van der Waals surface area (Å²) in [6, 6.07) is 36.3. The van der Waals surface area contributed by atoms with Crippen LogP contribution in [0.5, 0.6) is 0 Å². The largest absolute Gasteiger partial charge is 0.478 e. The van der Waals surface area contributed by atoms with Crippen LogP contribution in [-0.4, -0.2) is 91.1 Å². The van der Waals surface area contributed by atoms with Gasteiger partial charge in [0.2, 0.25) is 0 Å². The van der Waals surface area contributed by atoms with Crippen molar-refractivity contribution in [3.05, 3.63) is 253 Å². The van der Waals surface area contributed by atoms with E-state index < -0.39 is 76.5 Å². The van der Waals surface area contributed by atoms with Gasteiger partial charge in [0.05, 0.1) is 103 Å². The van der Waals surface area contributed by atoms with E-state index in [1.54, 1.807) is 73.7 Å². The normalized spacial score (nSPS) is 13.4. The quantitative estimate of drug-likeness (QED) is 0.0826. The number of carbonyl (C=O) groups is 12. The Morgan fingerprint density at radius 1 is 0.402 bits per heavy atom. The minimum Gasteiger partial charge on any atom is -0.478 e. The van der Waals surface area contributed by atoms with E-state index >= 15 is 0 Å². The van der Waals surface area contributed by atoms with Gasteiger partial charge in [0.15, 0.2) is 0 Å². The summed E-state index contributed by atoms with van der Waals surface area (Å²) in [6.45, 7) is 2.05. The second kappa shape index (κ2) is 27.4. The van der Waals surface area contributed by atoms with Crippen molar-refractivity contribution in [3.63, 3.8) is 0 Å². The van der Waals surface area contributed by atoms with Crippen LogP contribution in [0.25, 0.3) is 0 Å². The third-order valence-corrected chi connectivity index (χ3v) is 16.3. The highest BCUT2D eigenvalue weighted by atomic mass is 79.9. The lowest BCUT2D eigenvalue weighted by Gasteiger charge is -2.19. The fourth-order valence-electron chi connectivity index (χ4n) is 10.2. The fraction of sp³-hybridized carbons (Fsp3) is 0.0769. The van der Waals surface area contributed by atoms with Gasteiger partial charge in [0.25, 0.3) is 46.8 Å². The molecule has 4 N–H and O–H groups in total. The molecule has 4 heterocycles. The Morgan fingerprint density at radius 2 is 0.750 bits per heavy atom. The summed E-state index contributed by atoms with van der Waals surface area (Å²) in [4.78, 5) is 146. The highest BCUT2D eigenvalue weighted by molar-refractivity contribution is 9.11. The van der Waals surface area contributed by atoms with Gasteiger partial charge in [-0.3, -0.25) is 48.2 Å². The predicted octanol–water partition coefficient (Wildman–Crippen LogP) is 13.0. The van der Waals surface area contributed by atoms with Crippen molar-refractivity contribution in [2.24, 2.45) is 0 Å². The lowest BCUT2D eigenvalue weighted by molar-refractivity contribution is -0.115. The standard InChI is InChI=1S/C17H12ClNO4.C16H9Br2NO4.C16H9Cl2NO4.C16H9ClFNO4/c1-9-5-12(18)7-13-14(9)19(16(21)15(13)20)8-10-3-2-4-11(6-10)17(22)23;2*17-10-5-11-13(12(18)6-10)19(15(21)14(11)20)7-8-2-1-3-9(4-8)16(22)23;17-11-6-13-10(5-12(11)18)14(20)15(21)19(13)7-8-2-1-3-9(4-8)16(22)23/h2-7H,8H2,1H3,(H,22,23);3*1-6H,7H2,(H,22,23). The van der Waals surface area contributed by atoms with E-state index in [1.807, 2.05) is 0 Å². The van der Waals surface area contributed by atoms with Gasteiger partial charge in [-0.05, 0) is 148 Å². The van der Waals surface area contributed by atoms with Gasteiger partial charge in [0, 0.05) is 19.0 Å². The van der Waals surface area contributed by atoms with E-state index in [4.69, 9.17) is 66.8 Å². The van der Waals surface area contributed by atoms with Crippen molar-refractivity contribution in [2.75, 3.05) is 19.6 Å². The zero-order valence-electron chi connectivity index (χ0n) is 46.8. The van der Waals surface area contributed by atoms with Crippen molar-refractivity contribution >= 4 is 172 Å². The number of ketones is 4. The number of carboxylic acids is 4. The van der Waals surface area contributed by atoms with Crippen LogP contribution in [0.3, 0.4) is 0 Å². The monoisotopic (exact) mass is 1450 g/mol. The number of amides is 4. The van der Waals surface area contributed by atoms with Crippen molar-refractivity contribution < 1.29 is 82.4 Å². The van der Waals surface area contributed by atoms with Crippen molar-refractivity contribution in [1.82, 2.24) is 0 Å². The number of aryl methyl sites for hydroxylation is 1. The predicted molar refractivity (Wildman–Crippen MR) is 342 cm³/mol. The van der Waals surface area contributed by atoms with E-state index in [1.165, 1.54) is 87.5 Å². The molecule has 92 heavy (non-hydrogen) atoms. The second-order valence-electron chi connectivity index (χ2n) is 20.4. The molecule has 4 aliphatic heterocycles. The Balaban J connectivity index is 0.000000145. The van der Waals surface area contributed by atoms with Crippen LogP contribution in [-0.2, 0) is 45.4 Å². The molecule has 27 heteroatoms. The van der Waals surface area contributed by atoms with Crippen LogP contribution in [0.15, 0.2) is 155 Å². The molecule has 12 rings (SSSR count). The van der Waals surface area contributed by atoms with Gasteiger partial charge in [-0.1, -0.05) is 111 Å². The number of nitrogens with zero attached hydrogens (tertiary/aromatic N) is 4. The third-order valence-electron chi connectivity index (χ3n) is 14.3. The molecule has 8 aromatic rings. The smallest absolute Gasteiger partial charge is 0.335 e. The second-order valence-corrected chi connectivity index (χ2v) is 23.8.